The molecule has 0 aliphatic carbocycles. The smallest absolute Gasteiger partial charge is 0.260 e. The van der Waals surface area contributed by atoms with E-state index in [1.165, 1.54) is 12.1 Å². The van der Waals surface area contributed by atoms with Gasteiger partial charge in [0.25, 0.3) is 5.91 Å². The van der Waals surface area contributed by atoms with Crippen molar-refractivity contribution in [3.8, 4) is 5.75 Å². The zero-order valence-corrected chi connectivity index (χ0v) is 18.0. The van der Waals surface area contributed by atoms with Crippen molar-refractivity contribution in [3.63, 3.8) is 0 Å². The van der Waals surface area contributed by atoms with Gasteiger partial charge in [0.15, 0.2) is 6.61 Å². The van der Waals surface area contributed by atoms with E-state index in [2.05, 4.69) is 5.32 Å². The van der Waals surface area contributed by atoms with Crippen molar-refractivity contribution in [2.75, 3.05) is 26.2 Å². The number of nitrogens with zero attached hydrogens (tertiary/aromatic N) is 1. The van der Waals surface area contributed by atoms with Crippen molar-refractivity contribution < 1.29 is 22.7 Å². The predicted octanol–water partition coefficient (Wildman–Crippen LogP) is 1.31. The number of carbonyl (C=O) groups excluding carboxylic acids is 2. The van der Waals surface area contributed by atoms with E-state index in [1.807, 2.05) is 18.2 Å². The summed E-state index contributed by atoms with van der Waals surface area (Å²) in [6.45, 7) is 1.51. The maximum Gasteiger partial charge on any atom is 0.260 e. The molecule has 1 aliphatic rings. The lowest BCUT2D eigenvalue weighted by molar-refractivity contribution is -0.137. The highest BCUT2D eigenvalue weighted by Gasteiger charge is 2.27. The quantitative estimate of drug-likeness (QED) is 0.635. The molecule has 0 atom stereocenters. The van der Waals surface area contributed by atoms with Gasteiger partial charge in [-0.05, 0) is 49.1 Å². The van der Waals surface area contributed by atoms with Crippen LogP contribution in [0.1, 0.15) is 18.4 Å². The molecule has 1 fully saturated rings. The number of piperidine rings is 1. The average Bonchev–Trinajstić information content (AvgIpc) is 2.78. The summed E-state index contributed by atoms with van der Waals surface area (Å²) in [6.07, 6.45) is 1.82. The second kappa shape index (κ2) is 10.4. The first-order chi connectivity index (χ1) is 14.8. The maximum absolute atomic E-state index is 12.4. The van der Waals surface area contributed by atoms with Crippen LogP contribution in [0.3, 0.4) is 0 Å². The molecule has 3 rings (SSSR count). The van der Waals surface area contributed by atoms with E-state index in [1.54, 1.807) is 29.2 Å². The highest BCUT2D eigenvalue weighted by Crippen LogP contribution is 2.18. The molecule has 8 nitrogen and oxygen atoms in total. The van der Waals surface area contributed by atoms with Crippen LogP contribution in [0.25, 0.3) is 0 Å². The van der Waals surface area contributed by atoms with Crippen LogP contribution in [0.15, 0.2) is 59.5 Å². The van der Waals surface area contributed by atoms with Crippen LogP contribution in [0.5, 0.6) is 5.75 Å². The summed E-state index contributed by atoms with van der Waals surface area (Å²) in [6, 6.07) is 15.5. The monoisotopic (exact) mass is 445 g/mol. The van der Waals surface area contributed by atoms with Crippen molar-refractivity contribution >= 4 is 21.8 Å². The van der Waals surface area contributed by atoms with Gasteiger partial charge in [-0.1, -0.05) is 30.3 Å². The molecular formula is C22H27N3O5S. The van der Waals surface area contributed by atoms with Gasteiger partial charge in [-0.3, -0.25) is 9.59 Å². The Morgan fingerprint density at radius 3 is 2.29 bits per heavy atom. The summed E-state index contributed by atoms with van der Waals surface area (Å²) in [7, 11) is -3.70. The molecular weight excluding hydrogens is 418 g/mol. The number of nitrogens with two attached hydrogens (primary N) is 1. The van der Waals surface area contributed by atoms with Gasteiger partial charge in [0, 0.05) is 25.6 Å². The lowest BCUT2D eigenvalue weighted by Crippen LogP contribution is -2.44. The van der Waals surface area contributed by atoms with Gasteiger partial charge in [0.1, 0.15) is 5.75 Å². The third-order valence-electron chi connectivity index (χ3n) is 5.29. The van der Waals surface area contributed by atoms with Crippen LogP contribution in [-0.2, 0) is 26.0 Å². The van der Waals surface area contributed by atoms with Gasteiger partial charge in [0.05, 0.1) is 4.90 Å². The Kier molecular flexibility index (Phi) is 7.64. The molecule has 9 heteroatoms. The van der Waals surface area contributed by atoms with Gasteiger partial charge in [-0.2, -0.15) is 0 Å². The first-order valence-corrected chi connectivity index (χ1v) is 11.7. The van der Waals surface area contributed by atoms with E-state index < -0.39 is 10.0 Å². The minimum Gasteiger partial charge on any atom is -0.484 e. The number of amides is 2. The first kappa shape index (κ1) is 22.8. The normalized spacial score (nSPS) is 14.8. The molecule has 1 heterocycles. The molecule has 2 amide bonds. The van der Waals surface area contributed by atoms with Gasteiger partial charge >= 0.3 is 0 Å². The van der Waals surface area contributed by atoms with Crippen molar-refractivity contribution in [1.82, 2.24) is 10.2 Å². The summed E-state index contributed by atoms with van der Waals surface area (Å²) < 4.78 is 28.1. The molecule has 0 bridgehead atoms. The van der Waals surface area contributed by atoms with Crippen LogP contribution in [0.2, 0.25) is 0 Å². The van der Waals surface area contributed by atoms with E-state index in [0.29, 0.717) is 44.6 Å². The molecule has 0 spiro atoms. The zero-order valence-electron chi connectivity index (χ0n) is 17.2. The Balaban J connectivity index is 1.36. The fourth-order valence-electron chi connectivity index (χ4n) is 3.46. The average molecular weight is 446 g/mol. The second-order valence-electron chi connectivity index (χ2n) is 7.49. The third-order valence-corrected chi connectivity index (χ3v) is 6.22. The predicted molar refractivity (Wildman–Crippen MR) is 116 cm³/mol. The Hall–Kier alpha value is -2.91. The van der Waals surface area contributed by atoms with Gasteiger partial charge in [0.2, 0.25) is 15.9 Å². The number of sulfonamides is 1. The highest BCUT2D eigenvalue weighted by molar-refractivity contribution is 7.89. The largest absolute Gasteiger partial charge is 0.484 e. The molecule has 0 unspecified atom stereocenters. The fraction of sp³-hybridized carbons (Fsp3) is 0.364. The fourth-order valence-corrected chi connectivity index (χ4v) is 3.98. The Bertz CT molecular complexity index is 986. The third kappa shape index (κ3) is 6.80. The van der Waals surface area contributed by atoms with E-state index in [0.717, 1.165) is 5.56 Å². The lowest BCUT2D eigenvalue weighted by atomic mass is 9.96. The van der Waals surface area contributed by atoms with Crippen molar-refractivity contribution in [3.05, 3.63) is 60.2 Å². The van der Waals surface area contributed by atoms with Crippen molar-refractivity contribution in [1.29, 1.82) is 0 Å². The van der Waals surface area contributed by atoms with E-state index in [-0.39, 0.29) is 29.2 Å². The molecule has 3 N–H and O–H groups in total. The second-order valence-corrected chi connectivity index (χ2v) is 9.05. The van der Waals surface area contributed by atoms with Crippen LogP contribution < -0.4 is 15.2 Å². The molecule has 0 aromatic heterocycles. The summed E-state index contributed by atoms with van der Waals surface area (Å²) in [5.41, 5.74) is 0.909. The number of nitrogens with one attached hydrogen (secondary N) is 1. The highest BCUT2D eigenvalue weighted by atomic mass is 32.2. The number of carbonyl (C=O) groups is 2. The van der Waals surface area contributed by atoms with Gasteiger partial charge in [-0.25, -0.2) is 13.6 Å². The van der Waals surface area contributed by atoms with E-state index in [4.69, 9.17) is 9.88 Å². The minimum atomic E-state index is -3.70. The lowest BCUT2D eigenvalue weighted by Gasteiger charge is -2.31. The molecule has 2 aromatic rings. The van der Waals surface area contributed by atoms with Crippen molar-refractivity contribution in [2.24, 2.45) is 11.1 Å². The number of rotatable bonds is 8. The van der Waals surface area contributed by atoms with Crippen LogP contribution in [0, 0.1) is 5.92 Å². The van der Waals surface area contributed by atoms with Crippen LogP contribution in [0.4, 0.5) is 0 Å². The van der Waals surface area contributed by atoms with Gasteiger partial charge in [-0.15, -0.1) is 0 Å². The van der Waals surface area contributed by atoms with Gasteiger partial charge < -0.3 is 15.0 Å². The van der Waals surface area contributed by atoms with E-state index >= 15 is 0 Å². The number of hydrogen-bond acceptors (Lipinski definition) is 5. The number of likely N-dealkylation sites (tertiary alicyclic amines) is 1. The maximum atomic E-state index is 12.4. The number of primary sulfonamides is 1. The Morgan fingerprint density at radius 1 is 1.03 bits per heavy atom. The topological polar surface area (TPSA) is 119 Å². The SMILES string of the molecule is NS(=O)(=O)c1ccc(CCNC(=O)C2CCN(C(=O)COc3ccccc3)CC2)cc1. The molecule has 0 radical (unpaired) electrons. The minimum absolute atomic E-state index is 0.00881. The number of benzene rings is 2. The first-order valence-electron chi connectivity index (χ1n) is 10.2. The van der Waals surface area contributed by atoms with Crippen molar-refractivity contribution in [2.45, 2.75) is 24.2 Å². The Morgan fingerprint density at radius 2 is 1.68 bits per heavy atom. The molecule has 31 heavy (non-hydrogen) atoms. The summed E-state index contributed by atoms with van der Waals surface area (Å²) in [5.74, 6) is 0.438. The molecule has 166 valence electrons. The Labute approximate surface area is 182 Å². The molecule has 1 saturated heterocycles. The van der Waals surface area contributed by atoms with Crippen LogP contribution in [-0.4, -0.2) is 51.4 Å². The molecule has 0 saturated carbocycles. The summed E-state index contributed by atoms with van der Waals surface area (Å²) >= 11 is 0. The summed E-state index contributed by atoms with van der Waals surface area (Å²) in [4.78, 5) is 26.5. The van der Waals surface area contributed by atoms with E-state index in [9.17, 15) is 18.0 Å². The zero-order chi connectivity index (χ0) is 22.3. The van der Waals surface area contributed by atoms with Crippen LogP contribution >= 0.6 is 0 Å². The molecule has 2 aromatic carbocycles. The number of para-hydroxylation sites is 1. The molecule has 1 aliphatic heterocycles. The number of ether oxygens (including phenoxy) is 1. The number of hydrogen-bond donors (Lipinski definition) is 2. The standard InChI is InChI=1S/C22H27N3O5S/c23-31(28,29)20-8-6-17(7-9-20)10-13-24-22(27)18-11-14-25(15-12-18)21(26)16-30-19-4-2-1-3-5-19/h1-9,18H,10-16H2,(H,24,27)(H2,23,28,29). The summed E-state index contributed by atoms with van der Waals surface area (Å²) in [5, 5.41) is 8.01.